The lowest BCUT2D eigenvalue weighted by atomic mass is 10.2. The van der Waals surface area contributed by atoms with E-state index in [1.54, 1.807) is 53.7 Å². The van der Waals surface area contributed by atoms with Crippen molar-refractivity contribution in [2.75, 3.05) is 27.8 Å². The fourth-order valence-electron chi connectivity index (χ4n) is 2.11. The molecule has 0 unspecified atom stereocenters. The first kappa shape index (κ1) is 18.3. The molecule has 0 aromatic heterocycles. The standard InChI is InChI=1S/C19H22N2O4/c1-5-24-18-12-14(13-20-21(2)3)10-11-17(18)25-19(22)15-8-6-7-9-16(15)23-4/h6-13H,5H2,1-4H3. The van der Waals surface area contributed by atoms with Gasteiger partial charge in [-0.25, -0.2) is 4.79 Å². The highest BCUT2D eigenvalue weighted by molar-refractivity contribution is 5.94. The van der Waals surface area contributed by atoms with Gasteiger partial charge in [-0.05, 0) is 42.8 Å². The first-order valence-corrected chi connectivity index (χ1v) is 7.88. The molecular formula is C19H22N2O4. The van der Waals surface area contributed by atoms with Crippen molar-refractivity contribution in [2.24, 2.45) is 5.10 Å². The van der Waals surface area contributed by atoms with Gasteiger partial charge in [0.05, 0.1) is 19.9 Å². The second-order valence-corrected chi connectivity index (χ2v) is 5.32. The van der Waals surface area contributed by atoms with E-state index < -0.39 is 5.97 Å². The van der Waals surface area contributed by atoms with Crippen LogP contribution in [0.1, 0.15) is 22.8 Å². The van der Waals surface area contributed by atoms with Crippen LogP contribution in [0.3, 0.4) is 0 Å². The number of ether oxygens (including phenoxy) is 3. The fourth-order valence-corrected chi connectivity index (χ4v) is 2.11. The largest absolute Gasteiger partial charge is 0.496 e. The van der Waals surface area contributed by atoms with E-state index in [-0.39, 0.29) is 0 Å². The molecule has 0 aliphatic rings. The van der Waals surface area contributed by atoms with E-state index >= 15 is 0 Å². The van der Waals surface area contributed by atoms with E-state index in [0.717, 1.165) is 5.56 Å². The normalized spacial score (nSPS) is 10.6. The highest BCUT2D eigenvalue weighted by atomic mass is 16.6. The molecule has 0 radical (unpaired) electrons. The van der Waals surface area contributed by atoms with Crippen molar-refractivity contribution in [1.29, 1.82) is 0 Å². The molecule has 0 aliphatic heterocycles. The van der Waals surface area contributed by atoms with Gasteiger partial charge in [-0.3, -0.25) is 0 Å². The quantitative estimate of drug-likeness (QED) is 0.335. The van der Waals surface area contributed by atoms with Crippen LogP contribution in [-0.4, -0.2) is 45.0 Å². The molecule has 0 saturated carbocycles. The average molecular weight is 342 g/mol. The third kappa shape index (κ3) is 4.97. The van der Waals surface area contributed by atoms with E-state index in [2.05, 4.69) is 5.10 Å². The molecule has 6 heteroatoms. The highest BCUT2D eigenvalue weighted by Crippen LogP contribution is 2.30. The number of nitrogens with zero attached hydrogens (tertiary/aromatic N) is 2. The number of hydrogen-bond acceptors (Lipinski definition) is 6. The molecule has 0 N–H and O–H groups in total. The predicted octanol–water partition coefficient (Wildman–Crippen LogP) is 3.21. The SMILES string of the molecule is CCOc1cc(C=NN(C)C)ccc1OC(=O)c1ccccc1OC. The lowest BCUT2D eigenvalue weighted by molar-refractivity contribution is 0.0725. The van der Waals surface area contributed by atoms with Crippen LogP contribution in [0.4, 0.5) is 0 Å². The van der Waals surface area contributed by atoms with E-state index in [9.17, 15) is 4.79 Å². The van der Waals surface area contributed by atoms with Crippen LogP contribution in [-0.2, 0) is 0 Å². The van der Waals surface area contributed by atoms with Crippen molar-refractivity contribution < 1.29 is 19.0 Å². The molecule has 2 aromatic rings. The summed E-state index contributed by atoms with van der Waals surface area (Å²) in [6, 6.07) is 12.2. The summed E-state index contributed by atoms with van der Waals surface area (Å²) in [5, 5.41) is 5.88. The number of carbonyl (C=O) groups excluding carboxylic acids is 1. The number of esters is 1. The van der Waals surface area contributed by atoms with Crippen LogP contribution < -0.4 is 14.2 Å². The Morgan fingerprint density at radius 1 is 1.12 bits per heavy atom. The number of hydrogen-bond donors (Lipinski definition) is 0. The van der Waals surface area contributed by atoms with Crippen LogP contribution in [0.15, 0.2) is 47.6 Å². The molecule has 132 valence electrons. The summed E-state index contributed by atoms with van der Waals surface area (Å²) >= 11 is 0. The Labute approximate surface area is 147 Å². The van der Waals surface area contributed by atoms with Gasteiger partial charge in [-0.2, -0.15) is 5.10 Å². The monoisotopic (exact) mass is 342 g/mol. The summed E-state index contributed by atoms with van der Waals surface area (Å²) in [5.74, 6) is 0.779. The molecule has 0 spiro atoms. The number of benzene rings is 2. The topological polar surface area (TPSA) is 60.4 Å². The molecule has 0 fully saturated rings. The minimum Gasteiger partial charge on any atom is -0.496 e. The molecule has 2 rings (SSSR count). The van der Waals surface area contributed by atoms with Gasteiger partial charge >= 0.3 is 5.97 Å². The van der Waals surface area contributed by atoms with Gasteiger partial charge in [0.2, 0.25) is 0 Å². The van der Waals surface area contributed by atoms with Crippen molar-refractivity contribution in [1.82, 2.24) is 5.01 Å². The number of methoxy groups -OCH3 is 1. The van der Waals surface area contributed by atoms with Gasteiger partial charge in [0.1, 0.15) is 11.3 Å². The van der Waals surface area contributed by atoms with Crippen molar-refractivity contribution in [3.05, 3.63) is 53.6 Å². The Morgan fingerprint density at radius 3 is 2.56 bits per heavy atom. The van der Waals surface area contributed by atoms with Crippen molar-refractivity contribution in [2.45, 2.75) is 6.92 Å². The van der Waals surface area contributed by atoms with Gasteiger partial charge in [0, 0.05) is 14.1 Å². The number of hydrazone groups is 1. The molecule has 0 aliphatic carbocycles. The summed E-state index contributed by atoms with van der Waals surface area (Å²) in [6.07, 6.45) is 1.70. The Bertz CT molecular complexity index is 757. The molecule has 0 bridgehead atoms. The average Bonchev–Trinajstić information content (AvgIpc) is 2.61. The van der Waals surface area contributed by atoms with Gasteiger partial charge < -0.3 is 19.2 Å². The summed E-state index contributed by atoms with van der Waals surface area (Å²) in [4.78, 5) is 12.5. The van der Waals surface area contributed by atoms with Crippen LogP contribution >= 0.6 is 0 Å². The number of para-hydroxylation sites is 1. The molecular weight excluding hydrogens is 320 g/mol. The van der Waals surface area contributed by atoms with Crippen molar-refractivity contribution in [3.63, 3.8) is 0 Å². The minimum absolute atomic E-state index is 0.347. The van der Waals surface area contributed by atoms with Crippen LogP contribution in [0.2, 0.25) is 0 Å². The molecule has 0 heterocycles. The van der Waals surface area contributed by atoms with Crippen LogP contribution in [0.5, 0.6) is 17.2 Å². The van der Waals surface area contributed by atoms with Gasteiger partial charge in [-0.1, -0.05) is 12.1 Å². The number of carbonyl (C=O) groups is 1. The zero-order chi connectivity index (χ0) is 18.2. The van der Waals surface area contributed by atoms with Gasteiger partial charge in [-0.15, -0.1) is 0 Å². The Kier molecular flexibility index (Phi) is 6.39. The maximum absolute atomic E-state index is 12.5. The summed E-state index contributed by atoms with van der Waals surface area (Å²) < 4.78 is 16.3. The first-order chi connectivity index (χ1) is 12.0. The second kappa shape index (κ2) is 8.73. The van der Waals surface area contributed by atoms with Crippen LogP contribution in [0, 0.1) is 0 Å². The van der Waals surface area contributed by atoms with E-state index in [0.29, 0.717) is 29.4 Å². The molecule has 2 aromatic carbocycles. The summed E-state index contributed by atoms with van der Waals surface area (Å²) in [7, 11) is 5.18. The maximum atomic E-state index is 12.5. The van der Waals surface area contributed by atoms with Gasteiger partial charge in [0.15, 0.2) is 11.5 Å². The maximum Gasteiger partial charge on any atom is 0.347 e. The first-order valence-electron chi connectivity index (χ1n) is 7.88. The summed E-state index contributed by atoms with van der Waals surface area (Å²) in [6.45, 7) is 2.32. The zero-order valence-electron chi connectivity index (χ0n) is 14.9. The molecule has 6 nitrogen and oxygen atoms in total. The second-order valence-electron chi connectivity index (χ2n) is 5.32. The molecule has 0 saturated heterocycles. The van der Waals surface area contributed by atoms with Crippen molar-refractivity contribution >= 4 is 12.2 Å². The smallest absolute Gasteiger partial charge is 0.347 e. The molecule has 0 atom stereocenters. The van der Waals surface area contributed by atoms with Crippen molar-refractivity contribution in [3.8, 4) is 17.2 Å². The molecule has 0 amide bonds. The lowest BCUT2D eigenvalue weighted by Gasteiger charge is -2.12. The minimum atomic E-state index is -0.506. The third-order valence-corrected chi connectivity index (χ3v) is 3.23. The van der Waals surface area contributed by atoms with E-state index in [1.807, 2.05) is 21.0 Å². The Morgan fingerprint density at radius 2 is 1.88 bits per heavy atom. The Balaban J connectivity index is 2.27. The predicted molar refractivity (Wildman–Crippen MR) is 96.8 cm³/mol. The van der Waals surface area contributed by atoms with Gasteiger partial charge in [0.25, 0.3) is 0 Å². The molecule has 25 heavy (non-hydrogen) atoms. The van der Waals surface area contributed by atoms with E-state index in [4.69, 9.17) is 14.2 Å². The summed E-state index contributed by atoms with van der Waals surface area (Å²) in [5.41, 5.74) is 1.19. The fraction of sp³-hybridized carbons (Fsp3) is 0.263. The zero-order valence-corrected chi connectivity index (χ0v) is 14.9. The highest BCUT2D eigenvalue weighted by Gasteiger charge is 2.16. The van der Waals surface area contributed by atoms with E-state index in [1.165, 1.54) is 7.11 Å². The Hall–Kier alpha value is -3.02. The third-order valence-electron chi connectivity index (χ3n) is 3.23. The number of rotatable bonds is 7. The lowest BCUT2D eigenvalue weighted by Crippen LogP contribution is -2.11. The van der Waals surface area contributed by atoms with Crippen LogP contribution in [0.25, 0.3) is 0 Å².